The van der Waals surface area contributed by atoms with Gasteiger partial charge < -0.3 is 25.2 Å². The minimum absolute atomic E-state index is 0.0750. The number of aromatic carboxylic acids is 1. The number of ether oxygens (including phenoxy) is 2. The van der Waals surface area contributed by atoms with Gasteiger partial charge in [-0.25, -0.2) is 9.59 Å². The first kappa shape index (κ1) is 17.2. The molecule has 0 aliphatic carbocycles. The molecule has 2 amide bonds. The number of nitrogens with one attached hydrogen (secondary N) is 2. The van der Waals surface area contributed by atoms with Gasteiger partial charge in [0, 0.05) is 18.7 Å². The summed E-state index contributed by atoms with van der Waals surface area (Å²) in [6.45, 7) is 1.56. The maximum atomic E-state index is 11.6. The fourth-order valence-electron chi connectivity index (χ4n) is 1.45. The number of methoxy groups -OCH3 is 1. The molecule has 0 bridgehead atoms. The van der Waals surface area contributed by atoms with E-state index in [9.17, 15) is 9.59 Å². The molecule has 0 spiro atoms. The zero-order chi connectivity index (χ0) is 15.7. The van der Waals surface area contributed by atoms with Crippen LogP contribution >= 0.6 is 11.6 Å². The molecule has 1 aromatic rings. The van der Waals surface area contributed by atoms with Crippen molar-refractivity contribution in [3.05, 3.63) is 28.8 Å². The number of halogens is 1. The molecule has 21 heavy (non-hydrogen) atoms. The van der Waals surface area contributed by atoms with Crippen molar-refractivity contribution < 1.29 is 24.2 Å². The van der Waals surface area contributed by atoms with E-state index in [0.29, 0.717) is 26.4 Å². The van der Waals surface area contributed by atoms with Gasteiger partial charge in [-0.2, -0.15) is 0 Å². The number of amides is 2. The number of urea groups is 1. The van der Waals surface area contributed by atoms with Gasteiger partial charge in [0.2, 0.25) is 0 Å². The molecule has 0 atom stereocenters. The van der Waals surface area contributed by atoms with Crippen molar-refractivity contribution in [1.82, 2.24) is 5.32 Å². The molecule has 3 N–H and O–H groups in total. The lowest BCUT2D eigenvalue weighted by atomic mass is 10.2. The summed E-state index contributed by atoms with van der Waals surface area (Å²) < 4.78 is 9.98. The summed E-state index contributed by atoms with van der Waals surface area (Å²) >= 11 is 5.72. The zero-order valence-electron chi connectivity index (χ0n) is 11.5. The first-order valence-electron chi connectivity index (χ1n) is 6.19. The number of carbonyl (C=O) groups excluding carboxylic acids is 1. The zero-order valence-corrected chi connectivity index (χ0v) is 12.3. The summed E-state index contributed by atoms with van der Waals surface area (Å²) in [4.78, 5) is 22.7. The second kappa shape index (κ2) is 9.17. The second-order valence-corrected chi connectivity index (χ2v) is 4.42. The van der Waals surface area contributed by atoms with Crippen molar-refractivity contribution in [2.24, 2.45) is 0 Å². The van der Waals surface area contributed by atoms with Crippen molar-refractivity contribution in [2.75, 3.05) is 38.8 Å². The van der Waals surface area contributed by atoms with Crippen LogP contribution in [0, 0.1) is 0 Å². The van der Waals surface area contributed by atoms with Crippen LogP contribution in [0.5, 0.6) is 0 Å². The highest BCUT2D eigenvalue weighted by atomic mass is 35.5. The van der Waals surface area contributed by atoms with Gasteiger partial charge >= 0.3 is 12.0 Å². The van der Waals surface area contributed by atoms with Crippen LogP contribution in [0.15, 0.2) is 18.2 Å². The monoisotopic (exact) mass is 316 g/mol. The number of carbonyl (C=O) groups is 2. The Morgan fingerprint density at radius 3 is 2.71 bits per heavy atom. The van der Waals surface area contributed by atoms with Gasteiger partial charge in [-0.1, -0.05) is 11.6 Å². The van der Waals surface area contributed by atoms with Gasteiger partial charge in [-0.3, -0.25) is 0 Å². The Morgan fingerprint density at radius 2 is 2.05 bits per heavy atom. The van der Waals surface area contributed by atoms with E-state index in [1.807, 2.05) is 0 Å². The van der Waals surface area contributed by atoms with Gasteiger partial charge in [0.15, 0.2) is 0 Å². The van der Waals surface area contributed by atoms with Crippen molar-refractivity contribution in [1.29, 1.82) is 0 Å². The Hall–Kier alpha value is -1.83. The highest BCUT2D eigenvalue weighted by molar-refractivity contribution is 6.31. The highest BCUT2D eigenvalue weighted by Crippen LogP contribution is 2.20. The summed E-state index contributed by atoms with van der Waals surface area (Å²) in [6.07, 6.45) is 0. The molecule has 7 nitrogen and oxygen atoms in total. The third-order valence-electron chi connectivity index (χ3n) is 2.42. The molecule has 116 valence electrons. The number of rotatable bonds is 8. The summed E-state index contributed by atoms with van der Waals surface area (Å²) in [5, 5.41) is 14.3. The van der Waals surface area contributed by atoms with Gasteiger partial charge in [0.25, 0.3) is 0 Å². The quantitative estimate of drug-likeness (QED) is 0.636. The van der Waals surface area contributed by atoms with Gasteiger partial charge in [-0.15, -0.1) is 0 Å². The molecule has 0 saturated carbocycles. The predicted octanol–water partition coefficient (Wildman–Crippen LogP) is 1.82. The summed E-state index contributed by atoms with van der Waals surface area (Å²) in [5.41, 5.74) is 0.0960. The van der Waals surface area contributed by atoms with E-state index in [4.69, 9.17) is 26.2 Å². The second-order valence-electron chi connectivity index (χ2n) is 3.98. The fraction of sp³-hybridized carbons (Fsp3) is 0.385. The standard InChI is InChI=1S/C13H17ClN2O5/c1-20-6-7-21-5-4-15-13(19)16-11-3-2-9(14)8-10(11)12(17)18/h2-3,8H,4-7H2,1H3,(H,17,18)(H2,15,16,19). The van der Waals surface area contributed by atoms with Crippen LogP contribution in [0.2, 0.25) is 5.02 Å². The summed E-state index contributed by atoms with van der Waals surface area (Å²) in [5.74, 6) is -1.17. The molecule has 8 heteroatoms. The van der Waals surface area contributed by atoms with Crippen LogP contribution in [0.3, 0.4) is 0 Å². The van der Waals surface area contributed by atoms with Crippen LogP contribution in [0.4, 0.5) is 10.5 Å². The molecule has 0 radical (unpaired) electrons. The molecular formula is C13H17ClN2O5. The van der Waals surface area contributed by atoms with E-state index in [0.717, 1.165) is 0 Å². The lowest BCUT2D eigenvalue weighted by molar-refractivity contribution is 0.0698. The first-order chi connectivity index (χ1) is 10.0. The number of benzene rings is 1. The molecule has 0 fully saturated rings. The molecule has 0 aliphatic rings. The highest BCUT2D eigenvalue weighted by Gasteiger charge is 2.12. The van der Waals surface area contributed by atoms with E-state index in [-0.39, 0.29) is 16.3 Å². The summed E-state index contributed by atoms with van der Waals surface area (Å²) in [6, 6.07) is 3.68. The largest absolute Gasteiger partial charge is 0.478 e. The smallest absolute Gasteiger partial charge is 0.337 e. The maximum Gasteiger partial charge on any atom is 0.337 e. The molecule has 0 aromatic heterocycles. The van der Waals surface area contributed by atoms with Gasteiger partial charge in [-0.05, 0) is 18.2 Å². The van der Waals surface area contributed by atoms with Crippen molar-refractivity contribution in [3.8, 4) is 0 Å². The number of carboxylic acid groups (broad SMARTS) is 1. The number of hydrogen-bond acceptors (Lipinski definition) is 4. The number of anilines is 1. The van der Waals surface area contributed by atoms with Crippen LogP contribution in [0.25, 0.3) is 0 Å². The summed E-state index contributed by atoms with van der Waals surface area (Å²) in [7, 11) is 1.57. The molecule has 0 unspecified atom stereocenters. The van der Waals surface area contributed by atoms with Gasteiger partial charge in [0.1, 0.15) is 0 Å². The minimum Gasteiger partial charge on any atom is -0.478 e. The predicted molar refractivity (Wildman–Crippen MR) is 78.1 cm³/mol. The average Bonchev–Trinajstić information content (AvgIpc) is 2.44. The normalized spacial score (nSPS) is 10.2. The maximum absolute atomic E-state index is 11.6. The Bertz CT molecular complexity index is 495. The molecule has 0 aliphatic heterocycles. The van der Waals surface area contributed by atoms with Crippen LogP contribution < -0.4 is 10.6 Å². The molecular weight excluding hydrogens is 300 g/mol. The third kappa shape index (κ3) is 6.44. The molecule has 1 aromatic carbocycles. The SMILES string of the molecule is COCCOCCNC(=O)Nc1ccc(Cl)cc1C(=O)O. The molecule has 0 saturated heterocycles. The third-order valence-corrected chi connectivity index (χ3v) is 2.66. The van der Waals surface area contributed by atoms with E-state index < -0.39 is 12.0 Å². The van der Waals surface area contributed by atoms with E-state index in [2.05, 4.69) is 10.6 Å². The van der Waals surface area contributed by atoms with Crippen LogP contribution in [-0.4, -0.2) is 50.6 Å². The fourth-order valence-corrected chi connectivity index (χ4v) is 1.62. The van der Waals surface area contributed by atoms with E-state index in [1.54, 1.807) is 7.11 Å². The van der Waals surface area contributed by atoms with E-state index >= 15 is 0 Å². The number of carboxylic acids is 1. The Balaban J connectivity index is 2.43. The molecule has 0 heterocycles. The number of hydrogen-bond donors (Lipinski definition) is 3. The lowest BCUT2D eigenvalue weighted by Gasteiger charge is -2.10. The van der Waals surface area contributed by atoms with Gasteiger partial charge in [0.05, 0.1) is 31.1 Å². The molecule has 1 rings (SSSR count). The van der Waals surface area contributed by atoms with E-state index in [1.165, 1.54) is 18.2 Å². The first-order valence-corrected chi connectivity index (χ1v) is 6.56. The van der Waals surface area contributed by atoms with Crippen molar-refractivity contribution in [2.45, 2.75) is 0 Å². The Labute approximate surface area is 127 Å². The van der Waals surface area contributed by atoms with Crippen LogP contribution in [-0.2, 0) is 9.47 Å². The topological polar surface area (TPSA) is 96.9 Å². The minimum atomic E-state index is -1.17. The van der Waals surface area contributed by atoms with Crippen molar-refractivity contribution in [3.63, 3.8) is 0 Å². The van der Waals surface area contributed by atoms with Crippen molar-refractivity contribution >= 4 is 29.3 Å². The Kier molecular flexibility index (Phi) is 7.52. The average molecular weight is 317 g/mol. The Morgan fingerprint density at radius 1 is 1.29 bits per heavy atom. The van der Waals surface area contributed by atoms with Crippen LogP contribution in [0.1, 0.15) is 10.4 Å². The lowest BCUT2D eigenvalue weighted by Crippen LogP contribution is -2.32.